The van der Waals surface area contributed by atoms with Crippen molar-refractivity contribution in [3.05, 3.63) is 47.4 Å². The molecule has 2 atom stereocenters. The fourth-order valence-electron chi connectivity index (χ4n) is 4.20. The SMILES string of the molecule is O=S(=O)(c1cccc(Cl)c1)N1CCN2C[C@@H](Oc3cnc(C4CC4)cn3)C[C@H]2C1. The second-order valence-corrected chi connectivity index (χ2v) is 10.4. The molecule has 2 saturated heterocycles. The van der Waals surface area contributed by atoms with Crippen molar-refractivity contribution in [3.63, 3.8) is 0 Å². The molecule has 2 aromatic rings. The summed E-state index contributed by atoms with van der Waals surface area (Å²) >= 11 is 5.99. The number of hydrogen-bond acceptors (Lipinski definition) is 6. The molecule has 7 nitrogen and oxygen atoms in total. The first-order valence-electron chi connectivity index (χ1n) is 9.97. The first kappa shape index (κ1) is 19.2. The molecule has 0 radical (unpaired) electrons. The van der Waals surface area contributed by atoms with E-state index in [-0.39, 0.29) is 17.0 Å². The van der Waals surface area contributed by atoms with Crippen LogP contribution in [0, 0.1) is 0 Å². The normalized spacial score (nSPS) is 25.7. The Morgan fingerprint density at radius 2 is 1.97 bits per heavy atom. The van der Waals surface area contributed by atoms with Crippen molar-refractivity contribution in [3.8, 4) is 5.88 Å². The van der Waals surface area contributed by atoms with Gasteiger partial charge in [0.1, 0.15) is 6.10 Å². The number of hydrogen-bond donors (Lipinski definition) is 0. The molecule has 0 bridgehead atoms. The van der Waals surface area contributed by atoms with Crippen molar-refractivity contribution in [2.75, 3.05) is 26.2 Å². The van der Waals surface area contributed by atoms with Gasteiger partial charge in [0.25, 0.3) is 0 Å². The van der Waals surface area contributed by atoms with E-state index in [0.29, 0.717) is 36.5 Å². The molecule has 1 aromatic carbocycles. The fourth-order valence-corrected chi connectivity index (χ4v) is 5.97. The Kier molecular flexibility index (Phi) is 4.98. The predicted molar refractivity (Wildman–Crippen MR) is 109 cm³/mol. The molecule has 154 valence electrons. The van der Waals surface area contributed by atoms with Crippen LogP contribution in [0.4, 0.5) is 0 Å². The minimum atomic E-state index is -3.55. The smallest absolute Gasteiger partial charge is 0.243 e. The zero-order valence-electron chi connectivity index (χ0n) is 15.9. The monoisotopic (exact) mass is 434 g/mol. The van der Waals surface area contributed by atoms with Crippen LogP contribution in [0.25, 0.3) is 0 Å². The minimum Gasteiger partial charge on any atom is -0.472 e. The van der Waals surface area contributed by atoms with Crippen LogP contribution < -0.4 is 4.74 Å². The number of aromatic nitrogens is 2. The maximum absolute atomic E-state index is 13.0. The van der Waals surface area contributed by atoms with Gasteiger partial charge in [-0.1, -0.05) is 17.7 Å². The molecule has 2 aliphatic heterocycles. The van der Waals surface area contributed by atoms with Crippen LogP contribution in [0.5, 0.6) is 5.88 Å². The number of benzene rings is 1. The van der Waals surface area contributed by atoms with Crippen LogP contribution in [0.3, 0.4) is 0 Å². The largest absolute Gasteiger partial charge is 0.472 e. The van der Waals surface area contributed by atoms with Crippen LogP contribution >= 0.6 is 11.6 Å². The lowest BCUT2D eigenvalue weighted by Crippen LogP contribution is -2.51. The lowest BCUT2D eigenvalue weighted by molar-refractivity contribution is 0.151. The molecule has 0 amide bonds. The third-order valence-electron chi connectivity index (χ3n) is 5.91. The quantitative estimate of drug-likeness (QED) is 0.719. The van der Waals surface area contributed by atoms with Gasteiger partial charge in [0, 0.05) is 49.6 Å². The van der Waals surface area contributed by atoms with Gasteiger partial charge in [-0.3, -0.25) is 9.88 Å². The maximum Gasteiger partial charge on any atom is 0.243 e. The van der Waals surface area contributed by atoms with Gasteiger partial charge in [-0.05, 0) is 31.0 Å². The Bertz CT molecular complexity index is 997. The van der Waals surface area contributed by atoms with Gasteiger partial charge >= 0.3 is 0 Å². The molecule has 9 heteroatoms. The standard InChI is InChI=1S/C20H23ClN4O3S/c21-15-2-1-3-18(8-15)29(26,27)25-7-6-24-13-17(9-16(24)12-25)28-20-11-22-19(10-23-20)14-4-5-14/h1-3,8,10-11,14,16-17H,4-7,9,12-13H2/t16-,17-/m0/s1. The van der Waals surface area contributed by atoms with E-state index < -0.39 is 10.0 Å². The van der Waals surface area contributed by atoms with Crippen molar-refractivity contribution in [1.82, 2.24) is 19.2 Å². The van der Waals surface area contributed by atoms with Crippen LogP contribution in [-0.2, 0) is 10.0 Å². The maximum atomic E-state index is 13.0. The number of rotatable bonds is 5. The van der Waals surface area contributed by atoms with E-state index in [1.165, 1.54) is 18.9 Å². The molecule has 1 aromatic heterocycles. The molecule has 0 unspecified atom stereocenters. The van der Waals surface area contributed by atoms with Gasteiger partial charge < -0.3 is 4.74 Å². The van der Waals surface area contributed by atoms with Gasteiger partial charge in [0.2, 0.25) is 15.9 Å². The highest BCUT2D eigenvalue weighted by Gasteiger charge is 2.41. The Labute approximate surface area is 175 Å². The summed E-state index contributed by atoms with van der Waals surface area (Å²) in [6, 6.07) is 6.59. The number of piperazine rings is 1. The number of nitrogens with zero attached hydrogens (tertiary/aromatic N) is 4. The predicted octanol–water partition coefficient (Wildman–Crippen LogP) is 2.53. The summed E-state index contributed by atoms with van der Waals surface area (Å²) in [5.74, 6) is 1.12. The van der Waals surface area contributed by atoms with Crippen molar-refractivity contribution >= 4 is 21.6 Å². The van der Waals surface area contributed by atoms with E-state index in [4.69, 9.17) is 16.3 Å². The summed E-state index contributed by atoms with van der Waals surface area (Å²) in [6.07, 6.45) is 6.68. The van der Waals surface area contributed by atoms with Crippen molar-refractivity contribution in [2.45, 2.75) is 42.2 Å². The summed E-state index contributed by atoms with van der Waals surface area (Å²) in [5.41, 5.74) is 1.04. The van der Waals surface area contributed by atoms with Gasteiger partial charge in [0.05, 0.1) is 23.0 Å². The number of ether oxygens (including phenoxy) is 1. The fraction of sp³-hybridized carbons (Fsp3) is 0.500. The van der Waals surface area contributed by atoms with E-state index in [9.17, 15) is 8.42 Å². The average molecular weight is 435 g/mol. The summed E-state index contributed by atoms with van der Waals surface area (Å²) in [5, 5.41) is 0.424. The van der Waals surface area contributed by atoms with E-state index in [2.05, 4.69) is 14.9 Å². The molecule has 3 fully saturated rings. The molecule has 1 aliphatic carbocycles. The van der Waals surface area contributed by atoms with Crippen LogP contribution in [0.1, 0.15) is 30.9 Å². The highest BCUT2D eigenvalue weighted by Crippen LogP contribution is 2.38. The third-order valence-corrected chi connectivity index (χ3v) is 8.00. The van der Waals surface area contributed by atoms with Crippen molar-refractivity contribution in [2.24, 2.45) is 0 Å². The third kappa shape index (κ3) is 3.99. The first-order valence-corrected chi connectivity index (χ1v) is 11.8. The molecule has 0 spiro atoms. The van der Waals surface area contributed by atoms with E-state index in [1.807, 2.05) is 6.20 Å². The lowest BCUT2D eigenvalue weighted by Gasteiger charge is -2.36. The second kappa shape index (κ2) is 7.50. The van der Waals surface area contributed by atoms with Crippen LogP contribution in [-0.4, -0.2) is 65.9 Å². The highest BCUT2D eigenvalue weighted by molar-refractivity contribution is 7.89. The highest BCUT2D eigenvalue weighted by atomic mass is 35.5. The minimum absolute atomic E-state index is 0.00472. The Morgan fingerprint density at radius 1 is 1.10 bits per heavy atom. The molecule has 3 aliphatic rings. The van der Waals surface area contributed by atoms with Gasteiger partial charge in [-0.25, -0.2) is 13.4 Å². The molecule has 1 saturated carbocycles. The van der Waals surface area contributed by atoms with Crippen LogP contribution in [0.2, 0.25) is 5.02 Å². The zero-order chi connectivity index (χ0) is 20.0. The summed E-state index contributed by atoms with van der Waals surface area (Å²) < 4.78 is 33.6. The van der Waals surface area contributed by atoms with Gasteiger partial charge in [-0.15, -0.1) is 0 Å². The van der Waals surface area contributed by atoms with E-state index in [0.717, 1.165) is 18.7 Å². The summed E-state index contributed by atoms with van der Waals surface area (Å²) in [7, 11) is -3.55. The second-order valence-electron chi connectivity index (χ2n) is 8.00. The van der Waals surface area contributed by atoms with Crippen molar-refractivity contribution < 1.29 is 13.2 Å². The molecule has 5 rings (SSSR count). The Balaban J connectivity index is 1.23. The van der Waals surface area contributed by atoms with Gasteiger partial charge in [-0.2, -0.15) is 4.31 Å². The molecular formula is C20H23ClN4O3S. The Hall–Kier alpha value is -1.74. The number of halogens is 1. The topological polar surface area (TPSA) is 75.6 Å². The molecular weight excluding hydrogens is 412 g/mol. The summed E-state index contributed by atoms with van der Waals surface area (Å²) in [4.78, 5) is 11.4. The average Bonchev–Trinajstić information content (AvgIpc) is 3.48. The first-order chi connectivity index (χ1) is 14.0. The number of sulfonamides is 1. The van der Waals surface area contributed by atoms with Crippen molar-refractivity contribution in [1.29, 1.82) is 0 Å². The van der Waals surface area contributed by atoms with Crippen LogP contribution in [0.15, 0.2) is 41.6 Å². The van der Waals surface area contributed by atoms with E-state index >= 15 is 0 Å². The zero-order valence-corrected chi connectivity index (χ0v) is 17.5. The molecule has 29 heavy (non-hydrogen) atoms. The molecule has 0 N–H and O–H groups in total. The molecule has 3 heterocycles. The number of fused-ring (bicyclic) bond motifs is 1. The van der Waals surface area contributed by atoms with E-state index in [1.54, 1.807) is 28.7 Å². The Morgan fingerprint density at radius 3 is 2.69 bits per heavy atom. The van der Waals surface area contributed by atoms with Gasteiger partial charge in [0.15, 0.2) is 0 Å². The summed E-state index contributed by atoms with van der Waals surface area (Å²) in [6.45, 7) is 2.40. The lowest BCUT2D eigenvalue weighted by atomic mass is 10.2.